The largest absolute Gasteiger partial charge is 0.496 e. The van der Waals surface area contributed by atoms with Crippen molar-refractivity contribution in [2.24, 2.45) is 0 Å². The van der Waals surface area contributed by atoms with Crippen molar-refractivity contribution in [3.63, 3.8) is 0 Å². The van der Waals surface area contributed by atoms with E-state index in [0.29, 0.717) is 5.75 Å². The Balaban J connectivity index is 3.01. The van der Waals surface area contributed by atoms with Crippen LogP contribution in [0.2, 0.25) is 0 Å². The molecule has 0 aliphatic heterocycles. The van der Waals surface area contributed by atoms with E-state index in [1.807, 2.05) is 0 Å². The van der Waals surface area contributed by atoms with Gasteiger partial charge in [0, 0.05) is 5.56 Å². The third-order valence-corrected chi connectivity index (χ3v) is 1.87. The molecule has 3 heteroatoms. The van der Waals surface area contributed by atoms with E-state index in [4.69, 9.17) is 9.84 Å². The van der Waals surface area contributed by atoms with Crippen LogP contribution in [-0.2, 0) is 11.2 Å². The summed E-state index contributed by atoms with van der Waals surface area (Å²) in [5.41, 5.74) is 1.56. The van der Waals surface area contributed by atoms with Crippen LogP contribution in [0.15, 0.2) is 24.8 Å². The fraction of sp³-hybridized carbons (Fsp3) is 0.182. The van der Waals surface area contributed by atoms with Gasteiger partial charge < -0.3 is 9.84 Å². The highest BCUT2D eigenvalue weighted by Crippen LogP contribution is 2.20. The number of carboxylic acids is 1. The summed E-state index contributed by atoms with van der Waals surface area (Å²) < 4.78 is 5.08. The second-order valence-corrected chi connectivity index (χ2v) is 2.85. The van der Waals surface area contributed by atoms with Crippen LogP contribution in [0.25, 0.3) is 6.08 Å². The molecule has 1 N–H and O–H groups in total. The number of methoxy groups -OCH3 is 1. The van der Waals surface area contributed by atoms with Gasteiger partial charge in [-0.2, -0.15) is 0 Å². The second kappa shape index (κ2) is 4.46. The first-order valence-electron chi connectivity index (χ1n) is 4.18. The molecule has 74 valence electrons. The van der Waals surface area contributed by atoms with Gasteiger partial charge in [-0.3, -0.25) is 4.79 Å². The summed E-state index contributed by atoms with van der Waals surface area (Å²) in [6.07, 6.45) is 1.66. The molecule has 0 fully saturated rings. The smallest absolute Gasteiger partial charge is 0.307 e. The predicted octanol–water partition coefficient (Wildman–Crippen LogP) is 1.97. The van der Waals surface area contributed by atoms with Gasteiger partial charge in [0.1, 0.15) is 5.75 Å². The predicted molar refractivity (Wildman–Crippen MR) is 54.4 cm³/mol. The fourth-order valence-electron chi connectivity index (χ4n) is 1.23. The summed E-state index contributed by atoms with van der Waals surface area (Å²) in [5, 5.41) is 8.60. The molecular weight excluding hydrogens is 180 g/mol. The maximum atomic E-state index is 10.5. The van der Waals surface area contributed by atoms with Crippen molar-refractivity contribution in [3.05, 3.63) is 35.9 Å². The molecule has 3 nitrogen and oxygen atoms in total. The molecule has 0 amide bonds. The Labute approximate surface area is 82.6 Å². The molecule has 1 rings (SSSR count). The van der Waals surface area contributed by atoms with E-state index in [1.165, 1.54) is 0 Å². The van der Waals surface area contributed by atoms with Crippen molar-refractivity contribution in [2.75, 3.05) is 7.11 Å². The first-order valence-corrected chi connectivity index (χ1v) is 4.18. The number of hydrogen-bond donors (Lipinski definition) is 1. The lowest BCUT2D eigenvalue weighted by molar-refractivity contribution is -0.136. The van der Waals surface area contributed by atoms with E-state index < -0.39 is 5.97 Å². The number of benzene rings is 1. The number of rotatable bonds is 4. The third kappa shape index (κ3) is 2.36. The summed E-state index contributed by atoms with van der Waals surface area (Å²) in [6, 6.07) is 5.25. The van der Waals surface area contributed by atoms with Gasteiger partial charge in [0.2, 0.25) is 0 Å². The van der Waals surface area contributed by atoms with Gasteiger partial charge in [0.25, 0.3) is 0 Å². The van der Waals surface area contributed by atoms with E-state index in [2.05, 4.69) is 6.58 Å². The maximum absolute atomic E-state index is 10.5. The van der Waals surface area contributed by atoms with Crippen LogP contribution in [0.4, 0.5) is 0 Å². The summed E-state index contributed by atoms with van der Waals surface area (Å²) >= 11 is 0. The molecule has 0 aliphatic carbocycles. The highest BCUT2D eigenvalue weighted by molar-refractivity contribution is 5.71. The van der Waals surface area contributed by atoms with Crippen LogP contribution in [0.1, 0.15) is 11.1 Å². The van der Waals surface area contributed by atoms with E-state index in [9.17, 15) is 4.79 Å². The second-order valence-electron chi connectivity index (χ2n) is 2.85. The molecule has 0 unspecified atom stereocenters. The maximum Gasteiger partial charge on any atom is 0.307 e. The summed E-state index contributed by atoms with van der Waals surface area (Å²) in [6.45, 7) is 3.63. The van der Waals surface area contributed by atoms with E-state index in [1.54, 1.807) is 31.4 Å². The number of carbonyl (C=O) groups is 1. The average Bonchev–Trinajstić information content (AvgIpc) is 2.16. The van der Waals surface area contributed by atoms with E-state index in [0.717, 1.165) is 11.1 Å². The number of aliphatic carboxylic acids is 1. The van der Waals surface area contributed by atoms with E-state index in [-0.39, 0.29) is 6.42 Å². The molecule has 0 aromatic heterocycles. The van der Waals surface area contributed by atoms with Crippen LogP contribution in [0, 0.1) is 0 Å². The molecule has 0 saturated heterocycles. The van der Waals surface area contributed by atoms with Crippen molar-refractivity contribution >= 4 is 12.0 Å². The monoisotopic (exact) mass is 192 g/mol. The minimum atomic E-state index is -0.842. The SMILES string of the molecule is C=Cc1cc(CC(=O)O)ccc1OC. The standard InChI is InChI=1S/C11H12O3/c1-3-9-6-8(7-11(12)13)4-5-10(9)14-2/h3-6H,1,7H2,2H3,(H,12,13). The van der Waals surface area contributed by atoms with Crippen molar-refractivity contribution in [1.29, 1.82) is 0 Å². The molecule has 0 radical (unpaired) electrons. The minimum Gasteiger partial charge on any atom is -0.496 e. The van der Waals surface area contributed by atoms with E-state index >= 15 is 0 Å². The molecule has 0 heterocycles. The first kappa shape index (κ1) is 10.3. The van der Waals surface area contributed by atoms with Gasteiger partial charge in [0.15, 0.2) is 0 Å². The normalized spacial score (nSPS) is 9.50. The lowest BCUT2D eigenvalue weighted by atomic mass is 10.1. The fourth-order valence-corrected chi connectivity index (χ4v) is 1.23. The Kier molecular flexibility index (Phi) is 3.29. The van der Waals surface area contributed by atoms with Gasteiger partial charge in [-0.1, -0.05) is 18.7 Å². The topological polar surface area (TPSA) is 46.5 Å². The van der Waals surface area contributed by atoms with Crippen molar-refractivity contribution in [1.82, 2.24) is 0 Å². The Morgan fingerprint density at radius 2 is 2.36 bits per heavy atom. The minimum absolute atomic E-state index is 0.0187. The quantitative estimate of drug-likeness (QED) is 0.793. The molecule has 0 bridgehead atoms. The van der Waals surface area contributed by atoms with Crippen LogP contribution in [0.5, 0.6) is 5.75 Å². The third-order valence-electron chi connectivity index (χ3n) is 1.87. The Bertz CT molecular complexity index is 356. The van der Waals surface area contributed by atoms with Crippen molar-refractivity contribution in [3.8, 4) is 5.75 Å². The molecule has 1 aromatic rings. The van der Waals surface area contributed by atoms with Gasteiger partial charge >= 0.3 is 5.97 Å². The van der Waals surface area contributed by atoms with Crippen LogP contribution in [-0.4, -0.2) is 18.2 Å². The zero-order valence-corrected chi connectivity index (χ0v) is 7.99. The molecular formula is C11H12O3. The number of ether oxygens (including phenoxy) is 1. The van der Waals surface area contributed by atoms with Crippen LogP contribution in [0.3, 0.4) is 0 Å². The van der Waals surface area contributed by atoms with Gasteiger partial charge in [0.05, 0.1) is 13.5 Å². The molecule has 0 spiro atoms. The highest BCUT2D eigenvalue weighted by atomic mass is 16.5. The van der Waals surface area contributed by atoms with Crippen LogP contribution < -0.4 is 4.74 Å². The zero-order chi connectivity index (χ0) is 10.6. The van der Waals surface area contributed by atoms with Crippen molar-refractivity contribution in [2.45, 2.75) is 6.42 Å². The van der Waals surface area contributed by atoms with Gasteiger partial charge in [-0.25, -0.2) is 0 Å². The lowest BCUT2D eigenvalue weighted by Crippen LogP contribution is -2.00. The molecule has 0 saturated carbocycles. The molecule has 1 aromatic carbocycles. The Morgan fingerprint density at radius 3 is 2.86 bits per heavy atom. The molecule has 0 aliphatic rings. The van der Waals surface area contributed by atoms with Gasteiger partial charge in [-0.05, 0) is 17.7 Å². The molecule has 14 heavy (non-hydrogen) atoms. The van der Waals surface area contributed by atoms with Gasteiger partial charge in [-0.15, -0.1) is 0 Å². The summed E-state index contributed by atoms with van der Waals surface area (Å²) in [7, 11) is 1.57. The Morgan fingerprint density at radius 1 is 1.64 bits per heavy atom. The average molecular weight is 192 g/mol. The van der Waals surface area contributed by atoms with Crippen molar-refractivity contribution < 1.29 is 14.6 Å². The zero-order valence-electron chi connectivity index (χ0n) is 7.99. The lowest BCUT2D eigenvalue weighted by Gasteiger charge is -2.06. The first-order chi connectivity index (χ1) is 6.67. The van der Waals surface area contributed by atoms with Crippen LogP contribution >= 0.6 is 0 Å². The highest BCUT2D eigenvalue weighted by Gasteiger charge is 2.04. The summed E-state index contributed by atoms with van der Waals surface area (Å²) in [5.74, 6) is -0.140. The Hall–Kier alpha value is -1.77. The number of carboxylic acid groups (broad SMARTS) is 1. The molecule has 0 atom stereocenters. The number of hydrogen-bond acceptors (Lipinski definition) is 2. The summed E-state index contributed by atoms with van der Waals surface area (Å²) in [4.78, 5) is 10.5.